The van der Waals surface area contributed by atoms with Gasteiger partial charge in [0.2, 0.25) is 0 Å². The largest absolute Gasteiger partial charge is 0.459 e. The third-order valence-electron chi connectivity index (χ3n) is 5.93. The van der Waals surface area contributed by atoms with Crippen LogP contribution in [-0.2, 0) is 23.7 Å². The van der Waals surface area contributed by atoms with Crippen molar-refractivity contribution < 1.29 is 38.1 Å². The lowest BCUT2D eigenvalue weighted by molar-refractivity contribution is -0.267. The molecule has 0 spiro atoms. The minimum absolute atomic E-state index is 0.220. The number of carbonyl (C=O) groups is 3. The number of ether oxygens (including phenoxy) is 5. The molecule has 5 atom stereocenters. The fourth-order valence-electron chi connectivity index (χ4n) is 4.02. The minimum Gasteiger partial charge on any atom is -0.459 e. The van der Waals surface area contributed by atoms with E-state index in [0.717, 1.165) is 0 Å². The smallest absolute Gasteiger partial charge is 0.338 e. The van der Waals surface area contributed by atoms with E-state index in [9.17, 15) is 19.9 Å². The summed E-state index contributed by atoms with van der Waals surface area (Å²) in [6.45, 7) is -0.365. The zero-order valence-corrected chi connectivity index (χ0v) is 20.9. The number of esters is 3. The summed E-state index contributed by atoms with van der Waals surface area (Å²) in [7, 11) is 1.31. The molecular weight excluding hydrogens is 506 g/mol. The monoisotopic (exact) mass is 531 g/mol. The van der Waals surface area contributed by atoms with Crippen molar-refractivity contribution in [3.8, 4) is 0 Å². The van der Waals surface area contributed by atoms with Gasteiger partial charge in [0, 0.05) is 12.0 Å². The number of azide groups is 1. The van der Waals surface area contributed by atoms with Crippen molar-refractivity contribution in [2.75, 3.05) is 13.7 Å². The van der Waals surface area contributed by atoms with E-state index < -0.39 is 48.6 Å². The SMILES string of the molecule is CO[C@H]1O[C@H](COC(=O)c2ccccc2)[C@H](N=[N+]=[N-])[C@H](OC(=O)c2ccccc2)[C@H]1OC(=O)c1ccccc1. The van der Waals surface area contributed by atoms with Crippen LogP contribution in [-0.4, -0.2) is 62.3 Å². The summed E-state index contributed by atoms with van der Waals surface area (Å²) in [5, 5.41) is 3.78. The maximum absolute atomic E-state index is 13.1. The summed E-state index contributed by atoms with van der Waals surface area (Å²) in [5.41, 5.74) is 10.1. The molecule has 0 N–H and O–H groups in total. The van der Waals surface area contributed by atoms with Crippen molar-refractivity contribution in [3.05, 3.63) is 118 Å². The van der Waals surface area contributed by atoms with Gasteiger partial charge in [-0.1, -0.05) is 59.7 Å². The molecule has 1 saturated heterocycles. The third-order valence-corrected chi connectivity index (χ3v) is 5.93. The molecule has 39 heavy (non-hydrogen) atoms. The number of carbonyl (C=O) groups excluding carboxylic acids is 3. The molecule has 1 aliphatic heterocycles. The Kier molecular flexibility index (Phi) is 9.25. The van der Waals surface area contributed by atoms with Crippen LogP contribution >= 0.6 is 0 Å². The van der Waals surface area contributed by atoms with Gasteiger partial charge < -0.3 is 23.7 Å². The highest BCUT2D eigenvalue weighted by Gasteiger charge is 2.51. The Hall–Kier alpha value is -4.70. The average molecular weight is 532 g/mol. The first kappa shape index (κ1) is 27.3. The molecule has 0 bridgehead atoms. The van der Waals surface area contributed by atoms with Crippen LogP contribution < -0.4 is 0 Å². The van der Waals surface area contributed by atoms with Crippen LogP contribution in [0.4, 0.5) is 0 Å². The molecule has 0 aromatic heterocycles. The van der Waals surface area contributed by atoms with Gasteiger partial charge in [0.25, 0.3) is 0 Å². The second-order valence-corrected chi connectivity index (χ2v) is 8.41. The van der Waals surface area contributed by atoms with Gasteiger partial charge in [-0.25, -0.2) is 14.4 Å². The predicted octanol–water partition coefficient (Wildman–Crippen LogP) is 4.34. The Morgan fingerprint density at radius 2 is 1.23 bits per heavy atom. The topological polar surface area (TPSA) is 146 Å². The fraction of sp³-hybridized carbons (Fsp3) is 0.250. The molecule has 1 heterocycles. The van der Waals surface area contributed by atoms with Gasteiger partial charge in [0.15, 0.2) is 18.5 Å². The van der Waals surface area contributed by atoms with E-state index in [2.05, 4.69) is 10.0 Å². The van der Waals surface area contributed by atoms with Crippen LogP contribution in [0.3, 0.4) is 0 Å². The van der Waals surface area contributed by atoms with Crippen molar-refractivity contribution >= 4 is 17.9 Å². The second-order valence-electron chi connectivity index (χ2n) is 8.41. The Labute approximate surface area is 223 Å². The fourth-order valence-corrected chi connectivity index (χ4v) is 4.02. The zero-order chi connectivity index (χ0) is 27.6. The average Bonchev–Trinajstić information content (AvgIpc) is 2.99. The van der Waals surface area contributed by atoms with E-state index in [0.29, 0.717) is 5.56 Å². The highest BCUT2D eigenvalue weighted by Crippen LogP contribution is 2.31. The lowest BCUT2D eigenvalue weighted by atomic mass is 9.96. The van der Waals surface area contributed by atoms with Crippen LogP contribution in [0.5, 0.6) is 0 Å². The van der Waals surface area contributed by atoms with E-state index in [1.165, 1.54) is 7.11 Å². The van der Waals surface area contributed by atoms with Crippen LogP contribution in [0.1, 0.15) is 31.1 Å². The lowest BCUT2D eigenvalue weighted by Gasteiger charge is -2.43. The predicted molar refractivity (Wildman–Crippen MR) is 137 cm³/mol. The van der Waals surface area contributed by atoms with E-state index in [1.807, 2.05) is 0 Å². The molecule has 11 nitrogen and oxygen atoms in total. The zero-order valence-electron chi connectivity index (χ0n) is 20.9. The Morgan fingerprint density at radius 3 is 1.69 bits per heavy atom. The van der Waals surface area contributed by atoms with Crippen molar-refractivity contribution in [1.82, 2.24) is 0 Å². The Bertz CT molecular complexity index is 1320. The summed E-state index contributed by atoms with van der Waals surface area (Å²) in [5.74, 6) is -2.12. The van der Waals surface area contributed by atoms with Crippen molar-refractivity contribution in [1.29, 1.82) is 0 Å². The summed E-state index contributed by atoms with van der Waals surface area (Å²) in [4.78, 5) is 41.4. The first-order valence-corrected chi connectivity index (χ1v) is 12.0. The maximum atomic E-state index is 13.1. The first-order chi connectivity index (χ1) is 19.0. The first-order valence-electron chi connectivity index (χ1n) is 12.0. The van der Waals surface area contributed by atoms with Gasteiger partial charge in [0.1, 0.15) is 18.8 Å². The number of benzene rings is 3. The van der Waals surface area contributed by atoms with E-state index in [-0.39, 0.29) is 17.7 Å². The normalized spacial score (nSPS) is 22.1. The van der Waals surface area contributed by atoms with E-state index in [1.54, 1.807) is 91.0 Å². The van der Waals surface area contributed by atoms with Crippen molar-refractivity contribution in [2.45, 2.75) is 30.6 Å². The van der Waals surface area contributed by atoms with Gasteiger partial charge in [-0.15, -0.1) is 0 Å². The van der Waals surface area contributed by atoms with Crippen LogP contribution in [0.2, 0.25) is 0 Å². The molecule has 0 unspecified atom stereocenters. The maximum Gasteiger partial charge on any atom is 0.338 e. The van der Waals surface area contributed by atoms with Crippen LogP contribution in [0.25, 0.3) is 10.4 Å². The summed E-state index contributed by atoms with van der Waals surface area (Å²) in [6, 6.07) is 23.3. The van der Waals surface area contributed by atoms with Gasteiger partial charge in [0.05, 0.1) is 16.7 Å². The van der Waals surface area contributed by atoms with Crippen molar-refractivity contribution in [3.63, 3.8) is 0 Å². The molecule has 3 aromatic carbocycles. The second kappa shape index (κ2) is 13.2. The van der Waals surface area contributed by atoms with Crippen LogP contribution in [0.15, 0.2) is 96.1 Å². The van der Waals surface area contributed by atoms with Gasteiger partial charge >= 0.3 is 17.9 Å². The van der Waals surface area contributed by atoms with Gasteiger partial charge in [-0.3, -0.25) is 0 Å². The number of methoxy groups -OCH3 is 1. The third kappa shape index (κ3) is 6.79. The minimum atomic E-state index is -1.35. The Morgan fingerprint density at radius 1 is 0.769 bits per heavy atom. The molecule has 0 radical (unpaired) electrons. The molecule has 4 rings (SSSR count). The summed E-state index contributed by atoms with van der Waals surface area (Å²) in [6.07, 6.45) is -5.03. The molecule has 3 aromatic rings. The van der Waals surface area contributed by atoms with Crippen molar-refractivity contribution in [2.24, 2.45) is 5.11 Å². The highest BCUT2D eigenvalue weighted by atomic mass is 16.7. The molecule has 0 aliphatic carbocycles. The molecule has 0 saturated carbocycles. The number of nitrogens with zero attached hydrogens (tertiary/aromatic N) is 3. The van der Waals surface area contributed by atoms with E-state index >= 15 is 0 Å². The quantitative estimate of drug-likeness (QED) is 0.130. The molecule has 1 aliphatic rings. The lowest BCUT2D eigenvalue weighted by Crippen LogP contribution is -2.61. The van der Waals surface area contributed by atoms with Gasteiger partial charge in [-0.05, 0) is 41.9 Å². The standard InChI is InChI=1S/C28H25N3O8/c1-35-28-24(39-27(34)20-15-9-4-10-16-20)23(38-26(33)19-13-7-3-8-14-19)22(30-31-29)21(37-28)17-36-25(32)18-11-5-2-6-12-18/h2-16,21-24,28H,17H2,1H3/t21-,22+,23+,24-,28+/m1/s1. The Balaban J connectivity index is 1.63. The molecule has 200 valence electrons. The number of hydrogen-bond acceptors (Lipinski definition) is 9. The summed E-state index contributed by atoms with van der Waals surface area (Å²) < 4.78 is 28.2. The molecular formula is C28H25N3O8. The van der Waals surface area contributed by atoms with Gasteiger partial charge in [-0.2, -0.15) is 0 Å². The van der Waals surface area contributed by atoms with E-state index in [4.69, 9.17) is 23.7 Å². The number of hydrogen-bond donors (Lipinski definition) is 0. The molecule has 11 heteroatoms. The summed E-state index contributed by atoms with van der Waals surface area (Å²) >= 11 is 0. The number of rotatable bonds is 9. The molecule has 0 amide bonds. The molecule has 1 fully saturated rings. The highest BCUT2D eigenvalue weighted by molar-refractivity contribution is 5.90. The van der Waals surface area contributed by atoms with Crippen LogP contribution in [0, 0.1) is 0 Å².